The van der Waals surface area contributed by atoms with Crippen LogP contribution in [0.4, 0.5) is 5.69 Å². The number of hydrogen-bond acceptors (Lipinski definition) is 5. The molecule has 1 rings (SSSR count). The second-order valence-corrected chi connectivity index (χ2v) is 3.43. The molecule has 0 radical (unpaired) electrons. The number of amides is 1. The van der Waals surface area contributed by atoms with Crippen molar-refractivity contribution in [1.82, 2.24) is 0 Å². The van der Waals surface area contributed by atoms with E-state index in [0.717, 1.165) is 0 Å². The Morgan fingerprint density at radius 1 is 1.12 bits per heavy atom. The van der Waals surface area contributed by atoms with Gasteiger partial charge in [-0.25, -0.2) is 0 Å². The number of anilines is 1. The molecule has 0 fully saturated rings. The van der Waals surface area contributed by atoms with Crippen LogP contribution in [0.3, 0.4) is 0 Å². The van der Waals surface area contributed by atoms with Crippen molar-refractivity contribution in [2.45, 2.75) is 0 Å². The van der Waals surface area contributed by atoms with Crippen LogP contribution in [0.15, 0.2) is 12.1 Å². The van der Waals surface area contributed by atoms with Gasteiger partial charge < -0.3 is 19.5 Å². The van der Waals surface area contributed by atoms with E-state index in [1.54, 1.807) is 12.1 Å². The van der Waals surface area contributed by atoms with Crippen molar-refractivity contribution in [3.8, 4) is 17.2 Å². The summed E-state index contributed by atoms with van der Waals surface area (Å²) in [5, 5.41) is 2.66. The predicted octanol–water partition coefficient (Wildman–Crippen LogP) is 1.58. The Hall–Kier alpha value is -1.56. The molecule has 0 aliphatic heterocycles. The minimum atomic E-state index is -0.223. The smallest absolute Gasteiger partial charge is 0.234 e. The number of ether oxygens (including phenoxy) is 3. The molecule has 1 N–H and O–H groups in total. The fourth-order valence-corrected chi connectivity index (χ4v) is 1.40. The molecule has 0 aliphatic carbocycles. The molecule has 0 aromatic heterocycles. The summed E-state index contributed by atoms with van der Waals surface area (Å²) in [4.78, 5) is 11.3. The first kappa shape index (κ1) is 13.5. The van der Waals surface area contributed by atoms with Crippen molar-refractivity contribution >= 4 is 24.2 Å². The van der Waals surface area contributed by atoms with Gasteiger partial charge in [0.25, 0.3) is 0 Å². The quantitative estimate of drug-likeness (QED) is 0.786. The van der Waals surface area contributed by atoms with Gasteiger partial charge in [0.15, 0.2) is 11.5 Å². The summed E-state index contributed by atoms with van der Waals surface area (Å²) in [6.07, 6.45) is 0. The van der Waals surface area contributed by atoms with Gasteiger partial charge in [0, 0.05) is 12.1 Å². The highest BCUT2D eigenvalue weighted by atomic mass is 32.1. The van der Waals surface area contributed by atoms with E-state index in [2.05, 4.69) is 17.9 Å². The van der Waals surface area contributed by atoms with Crippen LogP contribution in [0.25, 0.3) is 0 Å². The molecule has 1 aromatic carbocycles. The number of thiol groups is 1. The zero-order valence-electron chi connectivity index (χ0n) is 9.94. The maximum atomic E-state index is 11.3. The van der Waals surface area contributed by atoms with Gasteiger partial charge in [0.2, 0.25) is 5.91 Å². The molecule has 1 aromatic rings. The van der Waals surface area contributed by atoms with Gasteiger partial charge in [-0.05, 0) is 0 Å². The zero-order chi connectivity index (χ0) is 12.8. The lowest BCUT2D eigenvalue weighted by atomic mass is 10.2. The van der Waals surface area contributed by atoms with E-state index in [9.17, 15) is 4.79 Å². The lowest BCUT2D eigenvalue weighted by Gasteiger charge is -2.14. The highest BCUT2D eigenvalue weighted by Crippen LogP contribution is 2.37. The number of methoxy groups -OCH3 is 3. The fraction of sp³-hybridized carbons (Fsp3) is 0.364. The van der Waals surface area contributed by atoms with Crippen molar-refractivity contribution in [3.63, 3.8) is 0 Å². The SMILES string of the molecule is COc1cc(OC)c(OC)cc1NC(=O)CS. The first-order valence-corrected chi connectivity index (χ1v) is 5.50. The third-order valence-electron chi connectivity index (χ3n) is 2.12. The lowest BCUT2D eigenvalue weighted by molar-refractivity contribution is -0.113. The van der Waals surface area contributed by atoms with Gasteiger partial charge in [-0.2, -0.15) is 12.6 Å². The molecular formula is C11H15NO4S. The van der Waals surface area contributed by atoms with Crippen LogP contribution in [-0.4, -0.2) is 33.0 Å². The summed E-state index contributed by atoms with van der Waals surface area (Å²) in [6.45, 7) is 0. The first-order valence-electron chi connectivity index (χ1n) is 4.87. The molecule has 1 amide bonds. The van der Waals surface area contributed by atoms with E-state index in [1.165, 1.54) is 21.3 Å². The minimum absolute atomic E-state index is 0.0947. The van der Waals surface area contributed by atoms with E-state index in [4.69, 9.17) is 14.2 Å². The molecule has 5 nitrogen and oxygen atoms in total. The minimum Gasteiger partial charge on any atom is -0.494 e. The van der Waals surface area contributed by atoms with Crippen LogP contribution >= 0.6 is 12.6 Å². The summed E-state index contributed by atoms with van der Waals surface area (Å²) in [7, 11) is 4.56. The zero-order valence-corrected chi connectivity index (χ0v) is 10.8. The second kappa shape index (κ2) is 6.24. The van der Waals surface area contributed by atoms with E-state index in [0.29, 0.717) is 22.9 Å². The van der Waals surface area contributed by atoms with Crippen LogP contribution < -0.4 is 19.5 Å². The summed E-state index contributed by atoms with van der Waals surface area (Å²) in [5.74, 6) is 1.42. The normalized spacial score (nSPS) is 9.65. The summed E-state index contributed by atoms with van der Waals surface area (Å²) in [5.41, 5.74) is 0.518. The number of hydrogen-bond donors (Lipinski definition) is 2. The molecule has 17 heavy (non-hydrogen) atoms. The summed E-state index contributed by atoms with van der Waals surface area (Å²) >= 11 is 3.89. The number of nitrogens with one attached hydrogen (secondary N) is 1. The molecular weight excluding hydrogens is 242 g/mol. The molecule has 94 valence electrons. The second-order valence-electron chi connectivity index (χ2n) is 3.11. The number of carbonyl (C=O) groups excluding carboxylic acids is 1. The summed E-state index contributed by atoms with van der Waals surface area (Å²) < 4.78 is 15.4. The van der Waals surface area contributed by atoms with Gasteiger partial charge in [0.1, 0.15) is 5.75 Å². The van der Waals surface area contributed by atoms with Crippen LogP contribution in [0.1, 0.15) is 0 Å². The Kier molecular flexibility index (Phi) is 4.96. The maximum absolute atomic E-state index is 11.3. The first-order chi connectivity index (χ1) is 8.15. The Morgan fingerprint density at radius 2 is 1.65 bits per heavy atom. The third-order valence-corrected chi connectivity index (χ3v) is 2.41. The fourth-order valence-electron chi connectivity index (χ4n) is 1.32. The Balaban J connectivity index is 3.14. The molecule has 0 spiro atoms. The van der Waals surface area contributed by atoms with Crippen LogP contribution in [-0.2, 0) is 4.79 Å². The Bertz CT molecular complexity index is 409. The lowest BCUT2D eigenvalue weighted by Crippen LogP contribution is -2.13. The van der Waals surface area contributed by atoms with Gasteiger partial charge in [0.05, 0.1) is 32.8 Å². The Morgan fingerprint density at radius 3 is 2.12 bits per heavy atom. The molecule has 0 atom stereocenters. The predicted molar refractivity (Wildman–Crippen MR) is 68.6 cm³/mol. The highest BCUT2D eigenvalue weighted by Gasteiger charge is 2.13. The van der Waals surface area contributed by atoms with Crippen LogP contribution in [0.2, 0.25) is 0 Å². The monoisotopic (exact) mass is 257 g/mol. The molecule has 0 unspecified atom stereocenters. The molecule has 0 aliphatic rings. The molecule has 0 bridgehead atoms. The average Bonchev–Trinajstić information content (AvgIpc) is 2.37. The Labute approximate surface area is 105 Å². The van der Waals surface area contributed by atoms with Gasteiger partial charge in [-0.1, -0.05) is 0 Å². The highest BCUT2D eigenvalue weighted by molar-refractivity contribution is 7.81. The van der Waals surface area contributed by atoms with E-state index < -0.39 is 0 Å². The summed E-state index contributed by atoms with van der Waals surface area (Å²) in [6, 6.07) is 3.28. The van der Waals surface area contributed by atoms with E-state index in [-0.39, 0.29) is 11.7 Å². The molecule has 0 saturated carbocycles. The molecule has 0 heterocycles. The number of benzene rings is 1. The molecule has 0 saturated heterocycles. The number of rotatable bonds is 5. The molecule has 6 heteroatoms. The third kappa shape index (κ3) is 3.20. The van der Waals surface area contributed by atoms with Crippen molar-refractivity contribution in [2.24, 2.45) is 0 Å². The van der Waals surface area contributed by atoms with Crippen molar-refractivity contribution in [2.75, 3.05) is 32.4 Å². The van der Waals surface area contributed by atoms with Gasteiger partial charge in [-0.3, -0.25) is 4.79 Å². The van der Waals surface area contributed by atoms with Crippen molar-refractivity contribution in [3.05, 3.63) is 12.1 Å². The largest absolute Gasteiger partial charge is 0.494 e. The topological polar surface area (TPSA) is 56.8 Å². The van der Waals surface area contributed by atoms with E-state index in [1.807, 2.05) is 0 Å². The van der Waals surface area contributed by atoms with Gasteiger partial charge in [-0.15, -0.1) is 0 Å². The van der Waals surface area contributed by atoms with Crippen molar-refractivity contribution in [1.29, 1.82) is 0 Å². The van der Waals surface area contributed by atoms with Crippen LogP contribution in [0.5, 0.6) is 17.2 Å². The average molecular weight is 257 g/mol. The standard InChI is InChI=1S/C11H15NO4S/c1-14-8-5-10(16-3)9(15-2)4-7(8)12-11(13)6-17/h4-5,17H,6H2,1-3H3,(H,12,13). The van der Waals surface area contributed by atoms with E-state index >= 15 is 0 Å². The van der Waals surface area contributed by atoms with Gasteiger partial charge >= 0.3 is 0 Å². The van der Waals surface area contributed by atoms with Crippen LogP contribution in [0, 0.1) is 0 Å². The maximum Gasteiger partial charge on any atom is 0.234 e. The van der Waals surface area contributed by atoms with Crippen molar-refractivity contribution < 1.29 is 19.0 Å². The number of carbonyl (C=O) groups is 1.